The molecule has 10 heteroatoms. The highest BCUT2D eigenvalue weighted by Crippen LogP contribution is 2.39. The van der Waals surface area contributed by atoms with E-state index in [1.807, 2.05) is 19.1 Å². The van der Waals surface area contributed by atoms with Gasteiger partial charge in [-0.15, -0.1) is 0 Å². The molecule has 1 saturated heterocycles. The highest BCUT2D eigenvalue weighted by Gasteiger charge is 2.36. The number of hydrogen-bond donors (Lipinski definition) is 1. The number of carbonyl (C=O) groups is 3. The first kappa shape index (κ1) is 23.6. The molecule has 3 amide bonds. The van der Waals surface area contributed by atoms with Crippen LogP contribution in [0.25, 0.3) is 6.08 Å². The fraction of sp³-hybridized carbons (Fsp3) is 0.190. The second kappa shape index (κ2) is 10.5. The average molecular weight is 617 g/mol. The highest BCUT2D eigenvalue weighted by atomic mass is 127. The molecule has 0 unspecified atom stereocenters. The van der Waals surface area contributed by atoms with Gasteiger partial charge in [0.2, 0.25) is 5.91 Å². The fourth-order valence-corrected chi connectivity index (χ4v) is 4.62. The van der Waals surface area contributed by atoms with Crippen LogP contribution < -0.4 is 14.8 Å². The van der Waals surface area contributed by atoms with E-state index in [4.69, 9.17) is 9.47 Å². The number of carbonyl (C=O) groups excluding carboxylic acids is 3. The topological polar surface area (TPSA) is 84.9 Å². The van der Waals surface area contributed by atoms with Gasteiger partial charge in [0.1, 0.15) is 6.54 Å². The summed E-state index contributed by atoms with van der Waals surface area (Å²) in [5, 5.41) is 2.20. The SMILES string of the molecule is CCOc1cc(/C=C2/SC(=O)N(CC(=O)Nc3ccc(I)cc3)C2=O)cc(Br)c1OC. The molecular formula is C21H18BrIN2O5S. The zero-order valence-electron chi connectivity index (χ0n) is 16.6. The maximum absolute atomic E-state index is 12.7. The summed E-state index contributed by atoms with van der Waals surface area (Å²) in [4.78, 5) is 38.6. The number of benzene rings is 2. The van der Waals surface area contributed by atoms with E-state index in [1.165, 1.54) is 7.11 Å². The quantitative estimate of drug-likeness (QED) is 0.343. The van der Waals surface area contributed by atoms with Gasteiger partial charge >= 0.3 is 0 Å². The Kier molecular flexibility index (Phi) is 8.00. The molecule has 1 N–H and O–H groups in total. The van der Waals surface area contributed by atoms with Crippen LogP contribution >= 0.6 is 50.3 Å². The molecule has 2 aromatic rings. The Morgan fingerprint density at radius 1 is 1.26 bits per heavy atom. The number of thioether (sulfide) groups is 1. The summed E-state index contributed by atoms with van der Waals surface area (Å²) >= 11 is 6.38. The predicted octanol–water partition coefficient (Wildman–Crippen LogP) is 5.14. The van der Waals surface area contributed by atoms with Crippen molar-refractivity contribution in [3.05, 3.63) is 54.9 Å². The number of nitrogens with zero attached hydrogens (tertiary/aromatic N) is 1. The maximum atomic E-state index is 12.7. The van der Waals surface area contributed by atoms with Crippen molar-refractivity contribution in [1.82, 2.24) is 4.90 Å². The number of imide groups is 1. The summed E-state index contributed by atoms with van der Waals surface area (Å²) in [5.41, 5.74) is 1.25. The van der Waals surface area contributed by atoms with E-state index >= 15 is 0 Å². The monoisotopic (exact) mass is 616 g/mol. The highest BCUT2D eigenvalue weighted by molar-refractivity contribution is 14.1. The summed E-state index contributed by atoms with van der Waals surface area (Å²) in [6.45, 7) is 1.94. The van der Waals surface area contributed by atoms with Crippen LogP contribution in [0.2, 0.25) is 0 Å². The Morgan fingerprint density at radius 2 is 1.97 bits per heavy atom. The zero-order valence-corrected chi connectivity index (χ0v) is 21.2. The van der Waals surface area contributed by atoms with Crippen molar-refractivity contribution in [3.63, 3.8) is 0 Å². The zero-order chi connectivity index (χ0) is 22.5. The third-order valence-electron chi connectivity index (χ3n) is 4.14. The van der Waals surface area contributed by atoms with Gasteiger partial charge in [-0.1, -0.05) is 0 Å². The van der Waals surface area contributed by atoms with Gasteiger partial charge in [-0.05, 0) is 105 Å². The van der Waals surface area contributed by atoms with Crippen molar-refractivity contribution >= 4 is 79.1 Å². The van der Waals surface area contributed by atoms with Gasteiger partial charge in [0.25, 0.3) is 11.1 Å². The Labute approximate surface area is 205 Å². The minimum atomic E-state index is -0.516. The number of anilines is 1. The second-order valence-corrected chi connectivity index (χ2v) is 9.38. The van der Waals surface area contributed by atoms with Crippen LogP contribution in [0, 0.1) is 3.57 Å². The van der Waals surface area contributed by atoms with Crippen LogP contribution in [0.15, 0.2) is 45.8 Å². The largest absolute Gasteiger partial charge is 0.492 e. The third kappa shape index (κ3) is 5.80. The fourth-order valence-electron chi connectivity index (χ4n) is 2.80. The summed E-state index contributed by atoms with van der Waals surface area (Å²) in [6, 6.07) is 10.7. The molecule has 0 aliphatic carbocycles. The lowest BCUT2D eigenvalue weighted by Crippen LogP contribution is -2.36. The molecule has 31 heavy (non-hydrogen) atoms. The molecular weight excluding hydrogens is 599 g/mol. The number of amides is 3. The second-order valence-electron chi connectivity index (χ2n) is 6.29. The van der Waals surface area contributed by atoms with Crippen molar-refractivity contribution in [2.75, 3.05) is 25.6 Å². The van der Waals surface area contributed by atoms with E-state index in [9.17, 15) is 14.4 Å². The molecule has 2 aromatic carbocycles. The molecule has 0 spiro atoms. The molecule has 0 radical (unpaired) electrons. The molecule has 1 aliphatic heterocycles. The molecule has 3 rings (SSSR count). The van der Waals surface area contributed by atoms with E-state index in [2.05, 4.69) is 43.8 Å². The molecule has 1 fully saturated rings. The van der Waals surface area contributed by atoms with Gasteiger partial charge in [-0.25, -0.2) is 0 Å². The lowest BCUT2D eigenvalue weighted by Gasteiger charge is -2.13. The minimum absolute atomic E-state index is 0.228. The Balaban J connectivity index is 1.75. The minimum Gasteiger partial charge on any atom is -0.492 e. The Bertz CT molecular complexity index is 1060. The van der Waals surface area contributed by atoms with E-state index < -0.39 is 17.1 Å². The molecule has 1 aliphatic rings. The van der Waals surface area contributed by atoms with E-state index in [-0.39, 0.29) is 11.4 Å². The average Bonchev–Trinajstić information content (AvgIpc) is 2.97. The molecule has 0 saturated carbocycles. The molecule has 0 bridgehead atoms. The number of rotatable bonds is 7. The van der Waals surface area contributed by atoms with Crippen molar-refractivity contribution in [1.29, 1.82) is 0 Å². The first-order valence-corrected chi connectivity index (χ1v) is 11.8. The van der Waals surface area contributed by atoms with Gasteiger partial charge in [0.05, 0.1) is 23.1 Å². The number of methoxy groups -OCH3 is 1. The van der Waals surface area contributed by atoms with Crippen molar-refractivity contribution < 1.29 is 23.9 Å². The maximum Gasteiger partial charge on any atom is 0.294 e. The van der Waals surface area contributed by atoms with Crippen LogP contribution in [0.4, 0.5) is 10.5 Å². The predicted molar refractivity (Wildman–Crippen MR) is 132 cm³/mol. The number of halogens is 2. The Morgan fingerprint density at radius 3 is 2.61 bits per heavy atom. The van der Waals surface area contributed by atoms with Gasteiger partial charge in [0, 0.05) is 9.26 Å². The van der Waals surface area contributed by atoms with Gasteiger partial charge < -0.3 is 14.8 Å². The van der Waals surface area contributed by atoms with Crippen molar-refractivity contribution in [2.45, 2.75) is 6.92 Å². The molecule has 1 heterocycles. The smallest absolute Gasteiger partial charge is 0.294 e. The lowest BCUT2D eigenvalue weighted by atomic mass is 10.2. The summed E-state index contributed by atoms with van der Waals surface area (Å²) in [6.07, 6.45) is 1.59. The molecule has 162 valence electrons. The number of ether oxygens (including phenoxy) is 2. The lowest BCUT2D eigenvalue weighted by molar-refractivity contribution is -0.127. The van der Waals surface area contributed by atoms with Crippen molar-refractivity contribution in [2.24, 2.45) is 0 Å². The summed E-state index contributed by atoms with van der Waals surface area (Å²) in [7, 11) is 1.54. The Hall–Kier alpha value is -2.05. The van der Waals surface area contributed by atoms with E-state index in [0.717, 1.165) is 20.2 Å². The summed E-state index contributed by atoms with van der Waals surface area (Å²) in [5.74, 6) is 0.0920. The number of nitrogens with one attached hydrogen (secondary N) is 1. The normalized spacial score (nSPS) is 14.8. The van der Waals surface area contributed by atoms with Crippen LogP contribution in [-0.4, -0.2) is 42.2 Å². The van der Waals surface area contributed by atoms with E-state index in [0.29, 0.717) is 33.8 Å². The van der Waals surface area contributed by atoms with Crippen LogP contribution in [0.1, 0.15) is 12.5 Å². The number of hydrogen-bond acceptors (Lipinski definition) is 6. The van der Waals surface area contributed by atoms with E-state index in [1.54, 1.807) is 30.3 Å². The van der Waals surface area contributed by atoms with Crippen LogP contribution in [-0.2, 0) is 9.59 Å². The van der Waals surface area contributed by atoms with Crippen LogP contribution in [0.3, 0.4) is 0 Å². The van der Waals surface area contributed by atoms with Crippen molar-refractivity contribution in [3.8, 4) is 11.5 Å². The molecule has 7 nitrogen and oxygen atoms in total. The first-order valence-electron chi connectivity index (χ1n) is 9.13. The van der Waals surface area contributed by atoms with Gasteiger partial charge in [-0.3, -0.25) is 19.3 Å². The van der Waals surface area contributed by atoms with Crippen LogP contribution in [0.5, 0.6) is 11.5 Å². The van der Waals surface area contributed by atoms with Gasteiger partial charge in [0.15, 0.2) is 11.5 Å². The summed E-state index contributed by atoms with van der Waals surface area (Å²) < 4.78 is 12.6. The first-order chi connectivity index (χ1) is 14.8. The van der Waals surface area contributed by atoms with Gasteiger partial charge in [-0.2, -0.15) is 0 Å². The molecule has 0 atom stereocenters. The third-order valence-corrected chi connectivity index (χ3v) is 6.35. The molecule has 0 aromatic heterocycles. The standard InChI is InChI=1S/C21H18BrIN2O5S/c1-3-30-16-9-12(8-15(22)19(16)29-2)10-17-20(27)25(21(28)31-17)11-18(26)24-14-6-4-13(23)5-7-14/h4-10H,3,11H2,1-2H3,(H,24,26)/b17-10+.